The molecular weight excluding hydrogens is 221 g/mol. The second kappa shape index (κ2) is 4.58. The van der Waals surface area contributed by atoms with E-state index < -0.39 is 5.82 Å². The molecule has 0 saturated heterocycles. The summed E-state index contributed by atoms with van der Waals surface area (Å²) in [6.07, 6.45) is 2.99. The summed E-state index contributed by atoms with van der Waals surface area (Å²) in [5.41, 5.74) is 0.271. The molecule has 1 heterocycles. The van der Waals surface area contributed by atoms with E-state index in [1.807, 2.05) is 0 Å². The highest BCUT2D eigenvalue weighted by atomic mass is 19.1. The lowest BCUT2D eigenvalue weighted by atomic mass is 10.1. The van der Waals surface area contributed by atoms with Crippen LogP contribution in [0.5, 0.6) is 0 Å². The van der Waals surface area contributed by atoms with Gasteiger partial charge in [0.15, 0.2) is 0 Å². The van der Waals surface area contributed by atoms with Gasteiger partial charge in [-0.1, -0.05) is 6.07 Å². The van der Waals surface area contributed by atoms with E-state index in [0.717, 1.165) is 0 Å². The summed E-state index contributed by atoms with van der Waals surface area (Å²) in [6.45, 7) is 0.266. The zero-order valence-corrected chi connectivity index (χ0v) is 8.80. The van der Waals surface area contributed by atoms with Crippen LogP contribution in [0.15, 0.2) is 41.5 Å². The van der Waals surface area contributed by atoms with Gasteiger partial charge in [-0.05, 0) is 23.8 Å². The third-order valence-electron chi connectivity index (χ3n) is 2.29. The molecule has 0 aliphatic rings. The number of nitriles is 1. The first-order chi connectivity index (χ1) is 8.20. The third-order valence-corrected chi connectivity index (χ3v) is 2.29. The van der Waals surface area contributed by atoms with Crippen LogP contribution in [0.3, 0.4) is 0 Å². The molecule has 0 bridgehead atoms. The van der Waals surface area contributed by atoms with Crippen molar-refractivity contribution in [3.63, 3.8) is 0 Å². The summed E-state index contributed by atoms with van der Waals surface area (Å²) in [5, 5.41) is 8.69. The molecule has 0 aliphatic heterocycles. The van der Waals surface area contributed by atoms with Crippen LogP contribution in [0.1, 0.15) is 11.1 Å². The van der Waals surface area contributed by atoms with Crippen molar-refractivity contribution in [2.24, 2.45) is 0 Å². The summed E-state index contributed by atoms with van der Waals surface area (Å²) in [7, 11) is 0. The highest BCUT2D eigenvalue weighted by molar-refractivity contribution is 5.34. The van der Waals surface area contributed by atoms with E-state index in [4.69, 9.17) is 5.26 Å². The van der Waals surface area contributed by atoms with Gasteiger partial charge in [-0.2, -0.15) is 5.26 Å². The smallest absolute Gasteiger partial charge is 0.295 e. The number of rotatable bonds is 2. The van der Waals surface area contributed by atoms with Gasteiger partial charge in [0.1, 0.15) is 11.9 Å². The first-order valence-electron chi connectivity index (χ1n) is 4.90. The molecule has 0 amide bonds. The van der Waals surface area contributed by atoms with E-state index in [1.165, 1.54) is 29.0 Å². The SMILES string of the molecule is N#Cc1cc(Cn2cccnc2=O)ccc1F. The molecular formula is C12H8FN3O. The van der Waals surface area contributed by atoms with Crippen molar-refractivity contribution in [1.82, 2.24) is 9.55 Å². The maximum absolute atomic E-state index is 13.1. The minimum Gasteiger partial charge on any atom is -0.295 e. The number of benzene rings is 1. The molecule has 0 N–H and O–H groups in total. The molecule has 84 valence electrons. The van der Waals surface area contributed by atoms with Gasteiger partial charge in [-0.15, -0.1) is 0 Å². The van der Waals surface area contributed by atoms with Crippen LogP contribution in [-0.4, -0.2) is 9.55 Å². The van der Waals surface area contributed by atoms with Gasteiger partial charge in [-0.3, -0.25) is 4.57 Å². The molecule has 1 aromatic carbocycles. The molecule has 4 nitrogen and oxygen atoms in total. The van der Waals surface area contributed by atoms with Gasteiger partial charge in [-0.25, -0.2) is 14.2 Å². The van der Waals surface area contributed by atoms with Gasteiger partial charge in [0.2, 0.25) is 0 Å². The Hall–Kier alpha value is -2.48. The average Bonchev–Trinajstić information content (AvgIpc) is 2.34. The molecule has 1 aromatic heterocycles. The maximum Gasteiger partial charge on any atom is 0.347 e. The van der Waals surface area contributed by atoms with Gasteiger partial charge < -0.3 is 0 Å². The normalized spacial score (nSPS) is 9.88. The van der Waals surface area contributed by atoms with Crippen LogP contribution >= 0.6 is 0 Å². The third kappa shape index (κ3) is 2.37. The minimum absolute atomic E-state index is 0.0283. The molecule has 0 radical (unpaired) electrons. The molecule has 17 heavy (non-hydrogen) atoms. The van der Waals surface area contributed by atoms with Crippen molar-refractivity contribution in [3.05, 3.63) is 64.1 Å². The lowest BCUT2D eigenvalue weighted by molar-refractivity contribution is 0.621. The van der Waals surface area contributed by atoms with Gasteiger partial charge in [0.25, 0.3) is 0 Å². The fraction of sp³-hybridized carbons (Fsp3) is 0.0833. The summed E-state index contributed by atoms with van der Waals surface area (Å²) < 4.78 is 14.5. The second-order valence-corrected chi connectivity index (χ2v) is 3.46. The standard InChI is InChI=1S/C12H8FN3O/c13-11-3-2-9(6-10(11)7-14)8-16-5-1-4-15-12(16)17/h1-6H,8H2. The van der Waals surface area contributed by atoms with Crippen molar-refractivity contribution < 1.29 is 4.39 Å². The van der Waals surface area contributed by atoms with Gasteiger partial charge >= 0.3 is 5.69 Å². The Bertz CT molecular complexity index is 643. The zero-order valence-electron chi connectivity index (χ0n) is 8.80. The van der Waals surface area contributed by atoms with Crippen molar-refractivity contribution in [2.75, 3.05) is 0 Å². The van der Waals surface area contributed by atoms with Crippen LogP contribution in [-0.2, 0) is 6.54 Å². The van der Waals surface area contributed by atoms with E-state index in [1.54, 1.807) is 18.3 Å². The van der Waals surface area contributed by atoms with Gasteiger partial charge in [0.05, 0.1) is 12.1 Å². The van der Waals surface area contributed by atoms with E-state index in [0.29, 0.717) is 5.56 Å². The van der Waals surface area contributed by atoms with E-state index in [2.05, 4.69) is 4.98 Å². The number of halogens is 1. The molecule has 2 aromatic rings. The number of aromatic nitrogens is 2. The summed E-state index contributed by atoms with van der Waals surface area (Å²) >= 11 is 0. The topological polar surface area (TPSA) is 58.7 Å². The summed E-state index contributed by atoms with van der Waals surface area (Å²) in [6, 6.07) is 7.57. The molecule has 0 fully saturated rings. The first-order valence-corrected chi connectivity index (χ1v) is 4.90. The Morgan fingerprint density at radius 2 is 2.29 bits per heavy atom. The van der Waals surface area contributed by atoms with Gasteiger partial charge in [0, 0.05) is 12.4 Å². The Morgan fingerprint density at radius 3 is 3.00 bits per heavy atom. The summed E-state index contributed by atoms with van der Waals surface area (Å²) in [5.74, 6) is -0.560. The Morgan fingerprint density at radius 1 is 1.47 bits per heavy atom. The predicted molar refractivity (Wildman–Crippen MR) is 58.7 cm³/mol. The van der Waals surface area contributed by atoms with Crippen LogP contribution in [0.25, 0.3) is 0 Å². The Balaban J connectivity index is 2.35. The van der Waals surface area contributed by atoms with Crippen molar-refractivity contribution in [2.45, 2.75) is 6.54 Å². The fourth-order valence-electron chi connectivity index (χ4n) is 1.46. The minimum atomic E-state index is -0.560. The largest absolute Gasteiger partial charge is 0.347 e. The average molecular weight is 229 g/mol. The van der Waals surface area contributed by atoms with Crippen molar-refractivity contribution in [1.29, 1.82) is 5.26 Å². The molecule has 2 rings (SSSR count). The lowest BCUT2D eigenvalue weighted by Gasteiger charge is -2.04. The quantitative estimate of drug-likeness (QED) is 0.779. The fourth-order valence-corrected chi connectivity index (χ4v) is 1.46. The predicted octanol–water partition coefficient (Wildman–Crippen LogP) is 1.30. The Kier molecular flexibility index (Phi) is 2.97. The number of hydrogen-bond donors (Lipinski definition) is 0. The lowest BCUT2D eigenvalue weighted by Crippen LogP contribution is -2.21. The maximum atomic E-state index is 13.1. The molecule has 0 spiro atoms. The first kappa shape index (κ1) is 11.0. The molecule has 0 atom stereocenters. The van der Waals surface area contributed by atoms with Crippen LogP contribution in [0, 0.1) is 17.1 Å². The van der Waals surface area contributed by atoms with Crippen LogP contribution < -0.4 is 5.69 Å². The molecule has 0 aliphatic carbocycles. The molecule has 0 saturated carbocycles. The zero-order chi connectivity index (χ0) is 12.3. The van der Waals surface area contributed by atoms with Crippen molar-refractivity contribution in [3.8, 4) is 6.07 Å². The molecule has 0 unspecified atom stereocenters. The van der Waals surface area contributed by atoms with Crippen molar-refractivity contribution >= 4 is 0 Å². The highest BCUT2D eigenvalue weighted by Crippen LogP contribution is 2.10. The summed E-state index contributed by atoms with van der Waals surface area (Å²) in [4.78, 5) is 15.0. The monoisotopic (exact) mass is 229 g/mol. The molecule has 5 heteroatoms. The Labute approximate surface area is 96.6 Å². The second-order valence-electron chi connectivity index (χ2n) is 3.46. The van der Waals surface area contributed by atoms with Crippen LogP contribution in [0.2, 0.25) is 0 Å². The highest BCUT2D eigenvalue weighted by Gasteiger charge is 2.04. The van der Waals surface area contributed by atoms with E-state index in [9.17, 15) is 9.18 Å². The number of nitrogens with zero attached hydrogens (tertiary/aromatic N) is 3. The number of hydrogen-bond acceptors (Lipinski definition) is 3. The van der Waals surface area contributed by atoms with Crippen LogP contribution in [0.4, 0.5) is 4.39 Å². The van der Waals surface area contributed by atoms with E-state index >= 15 is 0 Å². The van der Waals surface area contributed by atoms with E-state index in [-0.39, 0.29) is 17.8 Å².